The average Bonchev–Trinajstić information content (AvgIpc) is 3.05. The zero-order chi connectivity index (χ0) is 19.2. The van der Waals surface area contributed by atoms with Crippen LogP contribution in [0.1, 0.15) is 24.8 Å². The van der Waals surface area contributed by atoms with Gasteiger partial charge in [-0.25, -0.2) is 9.78 Å². The predicted molar refractivity (Wildman–Crippen MR) is 100 cm³/mol. The first kappa shape index (κ1) is 17.3. The first-order chi connectivity index (χ1) is 12.9. The van der Waals surface area contributed by atoms with Crippen molar-refractivity contribution in [3.8, 4) is 0 Å². The molecule has 1 N–H and O–H groups in total. The second kappa shape index (κ2) is 6.22. The lowest BCUT2D eigenvalue weighted by molar-refractivity contribution is -0.124. The summed E-state index contributed by atoms with van der Waals surface area (Å²) in [4.78, 5) is 41.4. The second-order valence-corrected chi connectivity index (χ2v) is 7.10. The molecule has 0 unspecified atom stereocenters. The van der Waals surface area contributed by atoms with Crippen molar-refractivity contribution >= 4 is 17.1 Å². The van der Waals surface area contributed by atoms with E-state index in [1.54, 1.807) is 7.05 Å². The average molecular weight is 367 g/mol. The first-order valence-electron chi connectivity index (χ1n) is 8.90. The van der Waals surface area contributed by atoms with Crippen molar-refractivity contribution in [1.29, 1.82) is 0 Å². The number of nitrogens with one attached hydrogen (secondary N) is 1. The Morgan fingerprint density at radius 1 is 1.15 bits per heavy atom. The molecule has 2 aromatic heterocycles. The molecule has 8 nitrogen and oxygen atoms in total. The summed E-state index contributed by atoms with van der Waals surface area (Å²) in [6, 6.07) is 9.94. The highest BCUT2D eigenvalue weighted by Crippen LogP contribution is 2.41. The van der Waals surface area contributed by atoms with Crippen LogP contribution < -0.4 is 16.6 Å². The Balaban J connectivity index is 1.64. The van der Waals surface area contributed by atoms with Gasteiger partial charge in [0.25, 0.3) is 5.56 Å². The topological polar surface area (TPSA) is 90.9 Å². The minimum atomic E-state index is -0.459. The van der Waals surface area contributed by atoms with Crippen LogP contribution in [0.25, 0.3) is 11.2 Å². The van der Waals surface area contributed by atoms with Crippen LogP contribution in [-0.2, 0) is 31.0 Å². The van der Waals surface area contributed by atoms with E-state index in [9.17, 15) is 14.4 Å². The molecule has 140 valence electrons. The highest BCUT2D eigenvalue weighted by atomic mass is 16.2. The van der Waals surface area contributed by atoms with E-state index < -0.39 is 11.2 Å². The number of carbonyl (C=O) groups is 1. The monoisotopic (exact) mass is 367 g/mol. The summed E-state index contributed by atoms with van der Waals surface area (Å²) in [6.07, 6.45) is 4.28. The molecule has 2 heterocycles. The maximum atomic E-state index is 12.7. The Kier molecular flexibility index (Phi) is 3.98. The van der Waals surface area contributed by atoms with Crippen LogP contribution in [0.15, 0.2) is 46.2 Å². The van der Waals surface area contributed by atoms with Crippen molar-refractivity contribution in [2.45, 2.75) is 31.3 Å². The minimum absolute atomic E-state index is 0.0292. The van der Waals surface area contributed by atoms with E-state index in [1.165, 1.54) is 22.5 Å². The Labute approximate surface area is 155 Å². The summed E-state index contributed by atoms with van der Waals surface area (Å²) < 4.78 is 3.84. The van der Waals surface area contributed by atoms with Gasteiger partial charge >= 0.3 is 5.69 Å². The number of fused-ring (bicyclic) bond motifs is 1. The molecule has 1 amide bonds. The molecule has 0 spiro atoms. The molecule has 0 bridgehead atoms. The third-order valence-electron chi connectivity index (χ3n) is 5.44. The van der Waals surface area contributed by atoms with Gasteiger partial charge in [0.15, 0.2) is 11.2 Å². The zero-order valence-electron chi connectivity index (χ0n) is 15.3. The molecule has 1 aliphatic rings. The van der Waals surface area contributed by atoms with Crippen molar-refractivity contribution in [1.82, 2.24) is 24.0 Å². The van der Waals surface area contributed by atoms with Crippen LogP contribution in [0.2, 0.25) is 0 Å². The number of carbonyl (C=O) groups excluding carboxylic acids is 1. The van der Waals surface area contributed by atoms with Crippen LogP contribution in [0.5, 0.6) is 0 Å². The molecule has 1 aliphatic carbocycles. The zero-order valence-corrected chi connectivity index (χ0v) is 15.3. The number of amides is 1. The summed E-state index contributed by atoms with van der Waals surface area (Å²) in [5.74, 6) is -0.186. The molecular formula is C19H21N5O3. The quantitative estimate of drug-likeness (QED) is 0.732. The number of aryl methyl sites for hydroxylation is 1. The Bertz CT molecular complexity index is 1140. The molecule has 4 rings (SSSR count). The van der Waals surface area contributed by atoms with E-state index in [0.29, 0.717) is 0 Å². The van der Waals surface area contributed by atoms with Gasteiger partial charge in [-0.15, -0.1) is 0 Å². The molecule has 1 fully saturated rings. The predicted octanol–water partition coefficient (Wildman–Crippen LogP) is 0.629. The van der Waals surface area contributed by atoms with Crippen molar-refractivity contribution in [2.24, 2.45) is 14.1 Å². The summed E-state index contributed by atoms with van der Waals surface area (Å²) in [5.41, 5.74) is 0.374. The fourth-order valence-corrected chi connectivity index (χ4v) is 3.75. The fraction of sp³-hybridized carbons (Fsp3) is 0.368. The van der Waals surface area contributed by atoms with Crippen molar-refractivity contribution in [3.05, 3.63) is 63.1 Å². The minimum Gasteiger partial charge on any atom is -0.345 e. The molecular weight excluding hydrogens is 346 g/mol. The third-order valence-corrected chi connectivity index (χ3v) is 5.44. The molecule has 0 radical (unpaired) electrons. The first-order valence-corrected chi connectivity index (χ1v) is 8.90. The SMILES string of the molecule is Cn1c(=O)c2c(ncn2CC(=O)NC2(c3ccccc3)CCC2)n(C)c1=O. The number of nitrogens with zero attached hydrogens (tertiary/aromatic N) is 4. The number of aromatic nitrogens is 4. The molecule has 1 saturated carbocycles. The van der Waals surface area contributed by atoms with E-state index in [-0.39, 0.29) is 29.2 Å². The fourth-order valence-electron chi connectivity index (χ4n) is 3.75. The number of hydrogen-bond donors (Lipinski definition) is 1. The van der Waals surface area contributed by atoms with Crippen LogP contribution in [0, 0.1) is 0 Å². The highest BCUT2D eigenvalue weighted by molar-refractivity contribution is 5.79. The normalized spacial score (nSPS) is 15.5. The van der Waals surface area contributed by atoms with Gasteiger partial charge in [-0.3, -0.25) is 18.7 Å². The van der Waals surface area contributed by atoms with Gasteiger partial charge in [0, 0.05) is 14.1 Å². The molecule has 3 aromatic rings. The van der Waals surface area contributed by atoms with E-state index >= 15 is 0 Å². The van der Waals surface area contributed by atoms with Gasteiger partial charge in [-0.2, -0.15) is 0 Å². The molecule has 8 heteroatoms. The van der Waals surface area contributed by atoms with Crippen LogP contribution >= 0.6 is 0 Å². The number of benzene rings is 1. The van der Waals surface area contributed by atoms with Gasteiger partial charge in [0.1, 0.15) is 6.54 Å². The van der Waals surface area contributed by atoms with Gasteiger partial charge in [-0.05, 0) is 24.8 Å². The van der Waals surface area contributed by atoms with Crippen molar-refractivity contribution in [2.75, 3.05) is 0 Å². The largest absolute Gasteiger partial charge is 0.345 e. The van der Waals surface area contributed by atoms with Crippen LogP contribution in [0.3, 0.4) is 0 Å². The lowest BCUT2D eigenvalue weighted by Gasteiger charge is -2.43. The summed E-state index contributed by atoms with van der Waals surface area (Å²) in [7, 11) is 2.97. The van der Waals surface area contributed by atoms with Crippen LogP contribution in [0.4, 0.5) is 0 Å². The van der Waals surface area contributed by atoms with Gasteiger partial charge in [0.05, 0.1) is 11.9 Å². The lowest BCUT2D eigenvalue weighted by atomic mass is 9.72. The number of rotatable bonds is 4. The molecule has 0 atom stereocenters. The van der Waals surface area contributed by atoms with E-state index in [4.69, 9.17) is 0 Å². The van der Waals surface area contributed by atoms with E-state index in [1.807, 2.05) is 30.3 Å². The Morgan fingerprint density at radius 3 is 2.48 bits per heavy atom. The van der Waals surface area contributed by atoms with Gasteiger partial charge in [-0.1, -0.05) is 30.3 Å². The van der Waals surface area contributed by atoms with E-state index in [2.05, 4.69) is 10.3 Å². The smallest absolute Gasteiger partial charge is 0.332 e. The third kappa shape index (κ3) is 2.68. The Morgan fingerprint density at radius 2 is 1.85 bits per heavy atom. The molecule has 27 heavy (non-hydrogen) atoms. The molecule has 0 aliphatic heterocycles. The maximum absolute atomic E-state index is 12.7. The van der Waals surface area contributed by atoms with Gasteiger partial charge in [0.2, 0.25) is 5.91 Å². The molecule has 0 saturated heterocycles. The summed E-state index contributed by atoms with van der Waals surface area (Å²) >= 11 is 0. The summed E-state index contributed by atoms with van der Waals surface area (Å²) in [6.45, 7) is -0.0292. The van der Waals surface area contributed by atoms with Crippen LogP contribution in [-0.4, -0.2) is 24.6 Å². The lowest BCUT2D eigenvalue weighted by Crippen LogP contribution is -2.51. The van der Waals surface area contributed by atoms with Crippen molar-refractivity contribution in [3.63, 3.8) is 0 Å². The standard InChI is InChI=1S/C19H21N5O3/c1-22-16-15(17(26)23(2)18(22)27)24(12-20-16)11-14(25)21-19(9-6-10-19)13-7-4-3-5-8-13/h3-5,7-8,12H,6,9-11H2,1-2H3,(H,21,25). The van der Waals surface area contributed by atoms with Gasteiger partial charge < -0.3 is 9.88 Å². The highest BCUT2D eigenvalue weighted by Gasteiger charge is 2.39. The second-order valence-electron chi connectivity index (χ2n) is 7.10. The van der Waals surface area contributed by atoms with Crippen molar-refractivity contribution < 1.29 is 4.79 Å². The Hall–Kier alpha value is -3.16. The number of hydrogen-bond acceptors (Lipinski definition) is 4. The number of imidazole rings is 1. The maximum Gasteiger partial charge on any atom is 0.332 e. The van der Waals surface area contributed by atoms with E-state index in [0.717, 1.165) is 29.4 Å². The molecule has 1 aromatic carbocycles. The summed E-state index contributed by atoms with van der Waals surface area (Å²) in [5, 5.41) is 3.14.